The largest absolute Gasteiger partial charge is 0.416 e. The molecule has 0 unspecified atom stereocenters. The van der Waals surface area contributed by atoms with Gasteiger partial charge in [-0.15, -0.1) is 11.3 Å². The Bertz CT molecular complexity index is 1180. The lowest BCUT2D eigenvalue weighted by Crippen LogP contribution is -2.37. The van der Waals surface area contributed by atoms with Gasteiger partial charge in [0.25, 0.3) is 17.7 Å². The Balaban J connectivity index is 1.68. The molecule has 180 valence electrons. The first kappa shape index (κ1) is 25.0. The molecule has 1 aromatic heterocycles. The second-order valence-corrected chi connectivity index (χ2v) is 8.80. The third-order valence-corrected chi connectivity index (χ3v) is 5.75. The van der Waals surface area contributed by atoms with Gasteiger partial charge in [-0.2, -0.15) is 23.3 Å². The summed E-state index contributed by atoms with van der Waals surface area (Å²) in [7, 11) is 0. The lowest BCUT2D eigenvalue weighted by Gasteiger charge is -2.14. The van der Waals surface area contributed by atoms with E-state index >= 15 is 0 Å². The van der Waals surface area contributed by atoms with E-state index in [1.807, 2.05) is 13.8 Å². The molecule has 2 aromatic rings. The molecular weight excluding hydrogens is 471 g/mol. The van der Waals surface area contributed by atoms with Crippen LogP contribution in [0.2, 0.25) is 0 Å². The topological polar surface area (TPSA) is 103 Å². The van der Waals surface area contributed by atoms with Crippen LogP contribution in [-0.2, 0) is 11.0 Å². The zero-order chi connectivity index (χ0) is 25.2. The predicted octanol–water partition coefficient (Wildman–Crippen LogP) is 3.84. The summed E-state index contributed by atoms with van der Waals surface area (Å²) < 4.78 is 38.4. The monoisotopic (exact) mass is 493 g/mol. The van der Waals surface area contributed by atoms with E-state index in [9.17, 15) is 27.6 Å². The molecule has 3 rings (SSSR count). The molecule has 0 saturated carbocycles. The number of anilines is 1. The van der Waals surface area contributed by atoms with Gasteiger partial charge in [-0.25, -0.2) is 0 Å². The standard InChI is InChI=1S/C22H22F3N5O3S/c1-11(2)26-19(31)16-9-10-17(34-16)20(32)28-27-12(3)18-13(4)29-30(21(18)33)15-7-5-14(6-8-15)22(23,24)25/h5-11,27H,1-4H3,(H,26,31)(H,28,32)/b18-12-. The first-order chi connectivity index (χ1) is 15.9. The van der Waals surface area contributed by atoms with Gasteiger partial charge in [0, 0.05) is 11.7 Å². The van der Waals surface area contributed by atoms with Crippen LogP contribution >= 0.6 is 11.3 Å². The summed E-state index contributed by atoms with van der Waals surface area (Å²) in [6, 6.07) is 7.08. The fourth-order valence-corrected chi connectivity index (χ4v) is 3.90. The summed E-state index contributed by atoms with van der Waals surface area (Å²) in [5.41, 5.74) is 5.27. The van der Waals surface area contributed by atoms with E-state index in [0.29, 0.717) is 16.3 Å². The number of hydrogen-bond acceptors (Lipinski definition) is 6. The van der Waals surface area contributed by atoms with Gasteiger partial charge in [-0.05, 0) is 64.1 Å². The van der Waals surface area contributed by atoms with E-state index in [1.54, 1.807) is 19.9 Å². The second-order valence-electron chi connectivity index (χ2n) is 7.72. The van der Waals surface area contributed by atoms with Crippen molar-refractivity contribution < 1.29 is 27.6 Å². The van der Waals surface area contributed by atoms with Gasteiger partial charge in [0.15, 0.2) is 0 Å². The number of rotatable bonds is 6. The summed E-state index contributed by atoms with van der Waals surface area (Å²) in [5, 5.41) is 7.87. The third-order valence-electron chi connectivity index (χ3n) is 4.67. The van der Waals surface area contributed by atoms with E-state index < -0.39 is 23.6 Å². The minimum absolute atomic E-state index is 0.0428. The molecule has 0 saturated heterocycles. The van der Waals surface area contributed by atoms with Crippen molar-refractivity contribution in [1.29, 1.82) is 0 Å². The maximum atomic E-state index is 12.9. The molecule has 1 aliphatic rings. The molecule has 2 heterocycles. The fourth-order valence-electron chi connectivity index (χ4n) is 3.09. The molecule has 12 heteroatoms. The fraction of sp³-hybridized carbons (Fsp3) is 0.273. The highest BCUT2D eigenvalue weighted by Crippen LogP contribution is 2.32. The smallest absolute Gasteiger partial charge is 0.349 e. The molecule has 1 aliphatic heterocycles. The highest BCUT2D eigenvalue weighted by Gasteiger charge is 2.33. The van der Waals surface area contributed by atoms with E-state index in [2.05, 4.69) is 21.3 Å². The van der Waals surface area contributed by atoms with Crippen molar-refractivity contribution in [2.24, 2.45) is 5.10 Å². The van der Waals surface area contributed by atoms with E-state index in [-0.39, 0.29) is 28.1 Å². The van der Waals surface area contributed by atoms with E-state index in [0.717, 1.165) is 40.6 Å². The molecular formula is C22H22F3N5O3S. The number of allylic oxidation sites excluding steroid dienone is 1. The summed E-state index contributed by atoms with van der Waals surface area (Å²) >= 11 is 1.02. The van der Waals surface area contributed by atoms with Gasteiger partial charge >= 0.3 is 6.18 Å². The zero-order valence-electron chi connectivity index (χ0n) is 18.7. The quantitative estimate of drug-likeness (QED) is 0.420. The van der Waals surface area contributed by atoms with Gasteiger partial charge in [0.2, 0.25) is 0 Å². The number of halogens is 3. The highest BCUT2D eigenvalue weighted by molar-refractivity contribution is 7.15. The SMILES string of the molecule is CC1=NN(c2ccc(C(F)(F)F)cc2)C(=O)/C1=C(/C)NNC(=O)c1ccc(C(=O)NC(C)C)s1. The number of carbonyl (C=O) groups excluding carboxylic acids is 3. The Kier molecular flexibility index (Phi) is 7.10. The third kappa shape index (κ3) is 5.45. The van der Waals surface area contributed by atoms with E-state index in [1.165, 1.54) is 6.07 Å². The Morgan fingerprint density at radius 2 is 1.59 bits per heavy atom. The Morgan fingerprint density at radius 1 is 1.00 bits per heavy atom. The summed E-state index contributed by atoms with van der Waals surface area (Å²) in [6.07, 6.45) is -4.49. The molecule has 3 N–H and O–H groups in total. The van der Waals surface area contributed by atoms with Crippen LogP contribution in [0.15, 0.2) is 52.8 Å². The number of amides is 3. The van der Waals surface area contributed by atoms with Crippen LogP contribution in [-0.4, -0.2) is 29.5 Å². The lowest BCUT2D eigenvalue weighted by atomic mass is 10.1. The van der Waals surface area contributed by atoms with Crippen LogP contribution in [0.5, 0.6) is 0 Å². The molecule has 1 aromatic carbocycles. The number of thiophene rings is 1. The van der Waals surface area contributed by atoms with Crippen molar-refractivity contribution >= 4 is 40.5 Å². The predicted molar refractivity (Wildman–Crippen MR) is 122 cm³/mol. The number of hydrazone groups is 1. The van der Waals surface area contributed by atoms with Gasteiger partial charge in [0.1, 0.15) is 0 Å². The maximum Gasteiger partial charge on any atom is 0.416 e. The number of carbonyl (C=O) groups is 3. The van der Waals surface area contributed by atoms with Crippen LogP contribution < -0.4 is 21.2 Å². The van der Waals surface area contributed by atoms with Crippen LogP contribution in [0.1, 0.15) is 52.6 Å². The summed E-state index contributed by atoms with van der Waals surface area (Å²) in [5.74, 6) is -1.34. The van der Waals surface area contributed by atoms with Gasteiger partial charge in [0.05, 0.1) is 32.3 Å². The average Bonchev–Trinajstić information content (AvgIpc) is 3.36. The van der Waals surface area contributed by atoms with Crippen molar-refractivity contribution in [3.63, 3.8) is 0 Å². The normalized spacial score (nSPS) is 15.4. The number of hydrazine groups is 1. The maximum absolute atomic E-state index is 12.9. The minimum Gasteiger partial charge on any atom is -0.349 e. The molecule has 0 atom stereocenters. The summed E-state index contributed by atoms with van der Waals surface area (Å²) in [4.78, 5) is 38.0. The zero-order valence-corrected chi connectivity index (χ0v) is 19.5. The van der Waals surface area contributed by atoms with Crippen LogP contribution in [0.3, 0.4) is 0 Å². The van der Waals surface area contributed by atoms with Crippen molar-refractivity contribution in [2.75, 3.05) is 5.01 Å². The Morgan fingerprint density at radius 3 is 2.15 bits per heavy atom. The Hall–Kier alpha value is -3.67. The minimum atomic E-state index is -4.49. The number of nitrogens with zero attached hydrogens (tertiary/aromatic N) is 2. The molecule has 34 heavy (non-hydrogen) atoms. The molecule has 0 radical (unpaired) electrons. The van der Waals surface area contributed by atoms with E-state index in [4.69, 9.17) is 0 Å². The lowest BCUT2D eigenvalue weighted by molar-refractivity contribution is -0.137. The molecule has 3 amide bonds. The molecule has 0 spiro atoms. The van der Waals surface area contributed by atoms with Crippen molar-refractivity contribution in [1.82, 2.24) is 16.2 Å². The molecule has 0 bridgehead atoms. The number of hydrogen-bond donors (Lipinski definition) is 3. The summed E-state index contributed by atoms with van der Waals surface area (Å²) in [6.45, 7) is 6.78. The number of nitrogens with one attached hydrogen (secondary N) is 3. The molecule has 0 aliphatic carbocycles. The second kappa shape index (κ2) is 9.67. The first-order valence-corrected chi connectivity index (χ1v) is 11.0. The number of benzene rings is 1. The first-order valence-electron chi connectivity index (χ1n) is 10.1. The van der Waals surface area contributed by atoms with Crippen molar-refractivity contribution in [3.05, 3.63) is 63.0 Å². The van der Waals surface area contributed by atoms with Crippen LogP contribution in [0.4, 0.5) is 18.9 Å². The van der Waals surface area contributed by atoms with Gasteiger partial charge in [-0.1, -0.05) is 0 Å². The average molecular weight is 494 g/mol. The Labute approximate surface area is 197 Å². The number of alkyl halides is 3. The van der Waals surface area contributed by atoms with Gasteiger partial charge in [-0.3, -0.25) is 19.8 Å². The van der Waals surface area contributed by atoms with Crippen LogP contribution in [0, 0.1) is 0 Å². The van der Waals surface area contributed by atoms with Crippen LogP contribution in [0.25, 0.3) is 0 Å². The van der Waals surface area contributed by atoms with Crippen molar-refractivity contribution in [3.8, 4) is 0 Å². The van der Waals surface area contributed by atoms with Gasteiger partial charge < -0.3 is 10.7 Å². The molecule has 8 nitrogen and oxygen atoms in total. The highest BCUT2D eigenvalue weighted by atomic mass is 32.1. The molecule has 0 fully saturated rings. The van der Waals surface area contributed by atoms with Crippen molar-refractivity contribution in [2.45, 2.75) is 39.9 Å².